The Kier molecular flexibility index (Phi) is 10.7. The number of hydrogen-bond acceptors (Lipinski definition) is 7. The second-order valence-corrected chi connectivity index (χ2v) is 15.5. The Morgan fingerprint density at radius 3 is 1.76 bits per heavy atom. The molecule has 4 aromatic carbocycles. The molecule has 4 aliphatic rings. The molecule has 0 aromatic heterocycles. The maximum atomic E-state index is 13.8. The highest BCUT2D eigenvalue weighted by atomic mass is 16.7. The van der Waals surface area contributed by atoms with Crippen LogP contribution < -0.4 is 11.5 Å². The quantitative estimate of drug-likeness (QED) is 0.177. The van der Waals surface area contributed by atoms with Crippen molar-refractivity contribution in [2.45, 2.75) is 69.1 Å². The molecule has 4 N–H and O–H groups in total. The zero-order valence-corrected chi connectivity index (χ0v) is 31.3. The Morgan fingerprint density at radius 2 is 1.22 bits per heavy atom. The molecule has 3 aliphatic heterocycles. The highest BCUT2D eigenvalue weighted by Crippen LogP contribution is 2.52. The van der Waals surface area contributed by atoms with Crippen molar-refractivity contribution in [1.29, 1.82) is 0 Å². The molecule has 0 bridgehead atoms. The van der Waals surface area contributed by atoms with E-state index in [4.69, 9.17) is 20.8 Å². The Bertz CT molecular complexity index is 2080. The maximum Gasteiger partial charge on any atom is 0.558 e. The molecular weight excluding hydrogens is 687 g/mol. The first kappa shape index (κ1) is 36.9. The molecule has 1 atom stereocenters. The number of likely N-dealkylation sites (tertiary alicyclic amines) is 2. The topological polar surface area (TPSA) is 128 Å². The largest absolute Gasteiger partial charge is 0.558 e. The van der Waals surface area contributed by atoms with Crippen LogP contribution in [0.15, 0.2) is 103 Å². The second kappa shape index (κ2) is 16.0. The van der Waals surface area contributed by atoms with Gasteiger partial charge >= 0.3 is 13.1 Å². The van der Waals surface area contributed by atoms with Gasteiger partial charge in [-0.3, -0.25) is 14.4 Å². The summed E-state index contributed by atoms with van der Waals surface area (Å²) < 4.78 is 12.4. The lowest BCUT2D eigenvalue weighted by atomic mass is 9.85. The monoisotopic (exact) mass is 736 g/mol. The minimum absolute atomic E-state index is 0.0109. The first-order valence-corrected chi connectivity index (χ1v) is 19.8. The first-order chi connectivity index (χ1) is 26.8. The number of amides is 2. The average Bonchev–Trinajstić information content (AvgIpc) is 4.05. The molecule has 0 radical (unpaired) electrons. The molecule has 4 aromatic rings. The van der Waals surface area contributed by atoms with E-state index >= 15 is 0 Å². The van der Waals surface area contributed by atoms with Gasteiger partial charge in [0, 0.05) is 56.3 Å². The SMILES string of the molecule is NCc1cccc(C2CCN(C(=O)c3cccc(/C=C/B4OC(=O)[C@](c5cccc(C(=O)N6CCC(c7cccc(CN)c7)CC6)c5)(C5CC5)O4)c3)CC2)c1. The standard InChI is InChI=1S/C45H49BN4O5/c47-29-32-6-2-8-36(26-32)34-16-21-49(22-17-34)42(51)38-10-1-5-31(25-38)15-20-46-54-44(53)45(55-46,40-13-14-40)41-12-4-11-39(28-41)43(52)50-23-18-35(19-24-50)37-9-3-7-33(27-37)30-48/h1-12,15,20,25-28,34-35,40H,13-14,16-19,21-24,29-30,47-48H2/b20-15+/t45-/m1/s1. The van der Waals surface area contributed by atoms with E-state index in [1.807, 2.05) is 76.5 Å². The lowest BCUT2D eigenvalue weighted by molar-refractivity contribution is -0.145. The molecule has 2 amide bonds. The normalized spacial score (nSPS) is 21.0. The van der Waals surface area contributed by atoms with Gasteiger partial charge in [-0.05, 0) is 114 Å². The van der Waals surface area contributed by atoms with Crippen LogP contribution in [0.2, 0.25) is 0 Å². The van der Waals surface area contributed by atoms with Crippen molar-refractivity contribution < 1.29 is 23.7 Å². The van der Waals surface area contributed by atoms with E-state index in [1.165, 1.54) is 11.1 Å². The Morgan fingerprint density at radius 1 is 0.691 bits per heavy atom. The third-order valence-electron chi connectivity index (χ3n) is 12.0. The minimum Gasteiger partial charge on any atom is -0.504 e. The van der Waals surface area contributed by atoms with E-state index in [9.17, 15) is 14.4 Å². The summed E-state index contributed by atoms with van der Waals surface area (Å²) in [5, 5.41) is 0. The lowest BCUT2D eigenvalue weighted by Crippen LogP contribution is -2.39. The predicted octanol–water partition coefficient (Wildman–Crippen LogP) is 6.56. The number of benzene rings is 4. The summed E-state index contributed by atoms with van der Waals surface area (Å²) in [5.41, 5.74) is 17.9. The van der Waals surface area contributed by atoms with Gasteiger partial charge in [0.05, 0.1) is 0 Å². The van der Waals surface area contributed by atoms with Crippen LogP contribution in [0.5, 0.6) is 0 Å². The van der Waals surface area contributed by atoms with E-state index < -0.39 is 18.7 Å². The summed E-state index contributed by atoms with van der Waals surface area (Å²) in [6, 6.07) is 31.7. The van der Waals surface area contributed by atoms with Crippen LogP contribution in [0.4, 0.5) is 0 Å². The molecule has 1 aliphatic carbocycles. The molecule has 282 valence electrons. The Labute approximate surface area is 323 Å². The Balaban J connectivity index is 0.908. The summed E-state index contributed by atoms with van der Waals surface area (Å²) in [6.45, 7) is 3.76. The first-order valence-electron chi connectivity index (χ1n) is 19.8. The average molecular weight is 737 g/mol. The van der Waals surface area contributed by atoms with E-state index in [1.54, 1.807) is 5.98 Å². The zero-order chi connectivity index (χ0) is 37.9. The molecule has 4 fully saturated rings. The number of carbonyl (C=O) groups excluding carboxylic acids is 3. The van der Waals surface area contributed by atoms with Crippen molar-refractivity contribution in [2.24, 2.45) is 17.4 Å². The van der Waals surface area contributed by atoms with Crippen LogP contribution in [0.3, 0.4) is 0 Å². The van der Waals surface area contributed by atoms with Gasteiger partial charge < -0.3 is 30.6 Å². The van der Waals surface area contributed by atoms with E-state index in [2.05, 4.69) is 36.4 Å². The molecule has 3 saturated heterocycles. The smallest absolute Gasteiger partial charge is 0.504 e. The molecule has 0 spiro atoms. The second-order valence-electron chi connectivity index (χ2n) is 15.5. The molecule has 55 heavy (non-hydrogen) atoms. The summed E-state index contributed by atoms with van der Waals surface area (Å²) in [4.78, 5) is 44.9. The summed E-state index contributed by atoms with van der Waals surface area (Å²) >= 11 is 0. The molecule has 10 heteroatoms. The molecular formula is C45H49BN4O5. The van der Waals surface area contributed by atoms with Crippen LogP contribution in [-0.4, -0.2) is 60.9 Å². The summed E-state index contributed by atoms with van der Waals surface area (Å²) in [5.74, 6) is 2.05. The maximum absolute atomic E-state index is 13.8. The predicted molar refractivity (Wildman–Crippen MR) is 214 cm³/mol. The third kappa shape index (κ3) is 7.76. The van der Waals surface area contributed by atoms with Gasteiger partial charge in [0.2, 0.25) is 0 Å². The van der Waals surface area contributed by atoms with Gasteiger partial charge in [0.15, 0.2) is 5.60 Å². The highest BCUT2D eigenvalue weighted by Gasteiger charge is 2.61. The van der Waals surface area contributed by atoms with Crippen molar-refractivity contribution >= 4 is 31.0 Å². The molecule has 8 rings (SSSR count). The molecule has 3 heterocycles. The fourth-order valence-electron chi connectivity index (χ4n) is 8.69. The number of carbonyl (C=O) groups is 3. The van der Waals surface area contributed by atoms with Gasteiger partial charge in [-0.25, -0.2) is 0 Å². The number of nitrogens with zero attached hydrogens (tertiary/aromatic N) is 2. The molecule has 1 saturated carbocycles. The number of hydrogen-bond donors (Lipinski definition) is 2. The fourth-order valence-corrected chi connectivity index (χ4v) is 8.69. The number of nitrogens with two attached hydrogens (primary N) is 2. The van der Waals surface area contributed by atoms with E-state index in [0.717, 1.165) is 55.2 Å². The lowest BCUT2D eigenvalue weighted by Gasteiger charge is -2.33. The van der Waals surface area contributed by atoms with Gasteiger partial charge in [0.1, 0.15) is 0 Å². The van der Waals surface area contributed by atoms with Crippen molar-refractivity contribution in [1.82, 2.24) is 9.80 Å². The van der Waals surface area contributed by atoms with E-state index in [0.29, 0.717) is 67.8 Å². The van der Waals surface area contributed by atoms with Gasteiger partial charge in [-0.2, -0.15) is 0 Å². The molecule has 0 unspecified atom stereocenters. The Hall–Kier alpha value is -5.03. The molecule has 9 nitrogen and oxygen atoms in total. The van der Waals surface area contributed by atoms with Crippen molar-refractivity contribution in [2.75, 3.05) is 26.2 Å². The van der Waals surface area contributed by atoms with Gasteiger partial charge in [-0.1, -0.05) is 78.9 Å². The van der Waals surface area contributed by atoms with Crippen molar-refractivity contribution in [3.63, 3.8) is 0 Å². The van der Waals surface area contributed by atoms with E-state index in [-0.39, 0.29) is 17.7 Å². The van der Waals surface area contributed by atoms with Crippen LogP contribution in [0.1, 0.15) is 104 Å². The van der Waals surface area contributed by atoms with Crippen LogP contribution in [0.25, 0.3) is 6.08 Å². The van der Waals surface area contributed by atoms with Gasteiger partial charge in [0.25, 0.3) is 11.8 Å². The highest BCUT2D eigenvalue weighted by molar-refractivity contribution is 6.55. The summed E-state index contributed by atoms with van der Waals surface area (Å²) in [6.07, 6.45) is 7.10. The van der Waals surface area contributed by atoms with Crippen LogP contribution in [-0.2, 0) is 32.8 Å². The number of piperidine rings is 2. The summed E-state index contributed by atoms with van der Waals surface area (Å²) in [7, 11) is -0.902. The van der Waals surface area contributed by atoms with Gasteiger partial charge in [-0.15, -0.1) is 0 Å². The van der Waals surface area contributed by atoms with Crippen LogP contribution >= 0.6 is 0 Å². The number of rotatable bonds is 10. The minimum atomic E-state index is -1.28. The van der Waals surface area contributed by atoms with Crippen LogP contribution in [0, 0.1) is 5.92 Å². The third-order valence-corrected chi connectivity index (χ3v) is 12.0. The zero-order valence-electron chi connectivity index (χ0n) is 31.3. The van der Waals surface area contributed by atoms with Crippen molar-refractivity contribution in [3.05, 3.63) is 148 Å². The fraction of sp³-hybridized carbons (Fsp3) is 0.356. The van der Waals surface area contributed by atoms with Crippen molar-refractivity contribution in [3.8, 4) is 0 Å².